The van der Waals surface area contributed by atoms with Crippen LogP contribution in [0.5, 0.6) is 0 Å². The number of aryl methyl sites for hydroxylation is 1. The second-order valence-corrected chi connectivity index (χ2v) is 3.40. The van der Waals surface area contributed by atoms with E-state index >= 15 is 0 Å². The molecule has 0 fully saturated rings. The van der Waals surface area contributed by atoms with Crippen LogP contribution in [0.3, 0.4) is 0 Å². The number of carbonyl (C=O) groups excluding carboxylic acids is 1. The molecule has 0 aliphatic carbocycles. The van der Waals surface area contributed by atoms with E-state index < -0.39 is 0 Å². The standard InChI is InChI=1S/C10H18N4O/c1-3-11-7-10(15)12-5-4-9-6-13-14(2)8-9/h6,8,11H,3-5,7H2,1-2H3,(H,12,15). The fourth-order valence-electron chi connectivity index (χ4n) is 1.25. The predicted molar refractivity (Wildman–Crippen MR) is 58.5 cm³/mol. The van der Waals surface area contributed by atoms with Crippen molar-refractivity contribution >= 4 is 5.91 Å². The lowest BCUT2D eigenvalue weighted by Gasteiger charge is -2.03. The molecule has 0 bridgehead atoms. The molecule has 0 unspecified atom stereocenters. The van der Waals surface area contributed by atoms with Crippen LogP contribution in [0.1, 0.15) is 12.5 Å². The van der Waals surface area contributed by atoms with Crippen LogP contribution < -0.4 is 10.6 Å². The van der Waals surface area contributed by atoms with Crippen LogP contribution in [0.15, 0.2) is 12.4 Å². The topological polar surface area (TPSA) is 59.0 Å². The lowest BCUT2D eigenvalue weighted by molar-refractivity contribution is -0.120. The van der Waals surface area contributed by atoms with Crippen molar-refractivity contribution in [3.05, 3.63) is 18.0 Å². The van der Waals surface area contributed by atoms with Gasteiger partial charge >= 0.3 is 0 Å². The molecule has 1 heterocycles. The third-order valence-corrected chi connectivity index (χ3v) is 2.03. The molecule has 84 valence electrons. The Hall–Kier alpha value is -1.36. The zero-order valence-electron chi connectivity index (χ0n) is 9.29. The van der Waals surface area contributed by atoms with Crippen molar-refractivity contribution in [3.63, 3.8) is 0 Å². The first kappa shape index (κ1) is 11.7. The Morgan fingerprint density at radius 3 is 3.00 bits per heavy atom. The highest BCUT2D eigenvalue weighted by Crippen LogP contribution is 1.95. The molecular weight excluding hydrogens is 192 g/mol. The number of nitrogens with one attached hydrogen (secondary N) is 2. The second-order valence-electron chi connectivity index (χ2n) is 3.40. The molecule has 0 saturated heterocycles. The Bertz CT molecular complexity index is 308. The van der Waals surface area contributed by atoms with Crippen molar-refractivity contribution in [2.45, 2.75) is 13.3 Å². The maximum Gasteiger partial charge on any atom is 0.233 e. The van der Waals surface area contributed by atoms with E-state index in [0.717, 1.165) is 18.5 Å². The molecular formula is C10H18N4O. The molecule has 0 atom stereocenters. The smallest absolute Gasteiger partial charge is 0.233 e. The highest BCUT2D eigenvalue weighted by atomic mass is 16.1. The van der Waals surface area contributed by atoms with Crippen LogP contribution in [0.2, 0.25) is 0 Å². The number of carbonyl (C=O) groups is 1. The molecule has 5 heteroatoms. The predicted octanol–water partition coefficient (Wildman–Crippen LogP) is -0.312. The summed E-state index contributed by atoms with van der Waals surface area (Å²) in [5, 5.41) is 9.86. The Morgan fingerprint density at radius 2 is 2.40 bits per heavy atom. The minimum absolute atomic E-state index is 0.0424. The Kier molecular flexibility index (Phi) is 4.83. The van der Waals surface area contributed by atoms with Gasteiger partial charge in [0.2, 0.25) is 5.91 Å². The highest BCUT2D eigenvalue weighted by Gasteiger charge is 2.00. The number of likely N-dealkylation sites (N-methyl/N-ethyl adjacent to an activating group) is 1. The summed E-state index contributed by atoms with van der Waals surface area (Å²) in [6.45, 7) is 3.85. The van der Waals surface area contributed by atoms with Gasteiger partial charge in [0.05, 0.1) is 12.7 Å². The molecule has 0 aliphatic rings. The molecule has 2 N–H and O–H groups in total. The summed E-state index contributed by atoms with van der Waals surface area (Å²) in [6.07, 6.45) is 4.60. The lowest BCUT2D eigenvalue weighted by atomic mass is 10.2. The van der Waals surface area contributed by atoms with Gasteiger partial charge in [0.15, 0.2) is 0 Å². The van der Waals surface area contributed by atoms with E-state index in [0.29, 0.717) is 13.1 Å². The van der Waals surface area contributed by atoms with Crippen LogP contribution in [-0.4, -0.2) is 35.3 Å². The number of aromatic nitrogens is 2. The molecule has 0 radical (unpaired) electrons. The number of rotatable bonds is 6. The normalized spacial score (nSPS) is 10.3. The van der Waals surface area contributed by atoms with Gasteiger partial charge in [-0.15, -0.1) is 0 Å². The van der Waals surface area contributed by atoms with Crippen LogP contribution in [0.25, 0.3) is 0 Å². The quantitative estimate of drug-likeness (QED) is 0.677. The molecule has 0 aromatic carbocycles. The maximum absolute atomic E-state index is 11.2. The van der Waals surface area contributed by atoms with Gasteiger partial charge in [-0.3, -0.25) is 9.48 Å². The van der Waals surface area contributed by atoms with E-state index in [1.54, 1.807) is 4.68 Å². The summed E-state index contributed by atoms with van der Waals surface area (Å²) >= 11 is 0. The number of amides is 1. The summed E-state index contributed by atoms with van der Waals surface area (Å²) in [7, 11) is 1.88. The average Bonchev–Trinajstić information content (AvgIpc) is 2.61. The monoisotopic (exact) mass is 210 g/mol. The zero-order chi connectivity index (χ0) is 11.1. The summed E-state index contributed by atoms with van der Waals surface area (Å²) < 4.78 is 1.76. The van der Waals surface area contributed by atoms with Crippen LogP contribution in [0, 0.1) is 0 Å². The minimum atomic E-state index is 0.0424. The van der Waals surface area contributed by atoms with Gasteiger partial charge in [-0.05, 0) is 18.5 Å². The molecule has 0 saturated carbocycles. The summed E-state index contributed by atoms with van der Waals surface area (Å²) in [5.74, 6) is 0.0424. The van der Waals surface area contributed by atoms with E-state index in [9.17, 15) is 4.79 Å². The van der Waals surface area contributed by atoms with E-state index in [1.165, 1.54) is 0 Å². The van der Waals surface area contributed by atoms with E-state index in [2.05, 4.69) is 15.7 Å². The first-order chi connectivity index (χ1) is 7.22. The Morgan fingerprint density at radius 1 is 1.60 bits per heavy atom. The van der Waals surface area contributed by atoms with Gasteiger partial charge in [0.25, 0.3) is 0 Å². The van der Waals surface area contributed by atoms with E-state index in [4.69, 9.17) is 0 Å². The van der Waals surface area contributed by atoms with Crippen molar-refractivity contribution in [2.24, 2.45) is 7.05 Å². The molecule has 0 spiro atoms. The highest BCUT2D eigenvalue weighted by molar-refractivity contribution is 5.77. The van der Waals surface area contributed by atoms with Gasteiger partial charge in [0.1, 0.15) is 0 Å². The van der Waals surface area contributed by atoms with Crippen molar-refractivity contribution < 1.29 is 4.79 Å². The van der Waals surface area contributed by atoms with Crippen molar-refractivity contribution in [2.75, 3.05) is 19.6 Å². The van der Waals surface area contributed by atoms with Crippen molar-refractivity contribution in [1.82, 2.24) is 20.4 Å². The van der Waals surface area contributed by atoms with Crippen LogP contribution in [-0.2, 0) is 18.3 Å². The molecule has 0 aliphatic heterocycles. The SMILES string of the molecule is CCNCC(=O)NCCc1cnn(C)c1. The van der Waals surface area contributed by atoms with Crippen molar-refractivity contribution in [3.8, 4) is 0 Å². The molecule has 15 heavy (non-hydrogen) atoms. The third-order valence-electron chi connectivity index (χ3n) is 2.03. The molecule has 1 amide bonds. The summed E-state index contributed by atoms with van der Waals surface area (Å²) in [6, 6.07) is 0. The van der Waals surface area contributed by atoms with Crippen LogP contribution >= 0.6 is 0 Å². The minimum Gasteiger partial charge on any atom is -0.355 e. The number of hydrogen-bond donors (Lipinski definition) is 2. The fraction of sp³-hybridized carbons (Fsp3) is 0.600. The molecule has 1 aromatic heterocycles. The summed E-state index contributed by atoms with van der Waals surface area (Å²) in [5.41, 5.74) is 1.14. The number of hydrogen-bond acceptors (Lipinski definition) is 3. The molecule has 5 nitrogen and oxygen atoms in total. The molecule has 1 rings (SSSR count). The van der Waals surface area contributed by atoms with Gasteiger partial charge in [-0.25, -0.2) is 0 Å². The first-order valence-electron chi connectivity index (χ1n) is 5.17. The van der Waals surface area contributed by atoms with Crippen LogP contribution in [0.4, 0.5) is 0 Å². The average molecular weight is 210 g/mol. The third kappa shape index (κ3) is 4.60. The van der Waals surface area contributed by atoms with Crippen molar-refractivity contribution in [1.29, 1.82) is 0 Å². The Balaban J connectivity index is 2.13. The van der Waals surface area contributed by atoms with Gasteiger partial charge in [-0.2, -0.15) is 5.10 Å². The largest absolute Gasteiger partial charge is 0.355 e. The first-order valence-corrected chi connectivity index (χ1v) is 5.17. The van der Waals surface area contributed by atoms with Gasteiger partial charge < -0.3 is 10.6 Å². The Labute approximate surface area is 89.9 Å². The number of nitrogens with zero attached hydrogens (tertiary/aromatic N) is 2. The summed E-state index contributed by atoms with van der Waals surface area (Å²) in [4.78, 5) is 11.2. The molecule has 1 aromatic rings. The lowest BCUT2D eigenvalue weighted by Crippen LogP contribution is -2.34. The zero-order valence-corrected chi connectivity index (χ0v) is 9.29. The van der Waals surface area contributed by atoms with E-state index in [1.807, 2.05) is 26.4 Å². The maximum atomic E-state index is 11.2. The fourth-order valence-corrected chi connectivity index (χ4v) is 1.25. The second kappa shape index (κ2) is 6.19. The van der Waals surface area contributed by atoms with E-state index in [-0.39, 0.29) is 5.91 Å². The van der Waals surface area contributed by atoms with Gasteiger partial charge in [-0.1, -0.05) is 6.92 Å². The van der Waals surface area contributed by atoms with Gasteiger partial charge in [0, 0.05) is 19.8 Å².